The summed E-state index contributed by atoms with van der Waals surface area (Å²) in [5, 5.41) is 23.7. The van der Waals surface area contributed by atoms with Crippen molar-refractivity contribution < 1.29 is 38.4 Å². The molecular weight excluding hydrogens is 580 g/mol. The standard InChI is InChI=1S/C33H40N4O8/c1-15(2)32(38)35-12-24-26-20(28(45-33(39)40)18(5)30-31(26)44-14-43-30)10-22-27-25-19(8-16(3)17(4)29(25)42-13-41-7)9-21(36(27)6)23(11-34)37(22)24/h8,15,21-24,27H,9-10,12-14H2,1-7H3,(H,35,38)(H,39,40)/t21-,22?,23+,24+,27+/m1/s1. The molecule has 2 aromatic rings. The number of likely N-dealkylation sites (N-methyl/N-ethyl adjacent to an activating group) is 1. The van der Waals surface area contributed by atoms with Crippen molar-refractivity contribution in [3.05, 3.63) is 45.0 Å². The van der Waals surface area contributed by atoms with Gasteiger partial charge in [0.1, 0.15) is 17.5 Å². The number of fused-ring (bicyclic) bond motifs is 9. The number of hydrogen-bond acceptors (Lipinski definition) is 10. The second-order valence-electron chi connectivity index (χ2n) is 12.6. The van der Waals surface area contributed by atoms with Gasteiger partial charge in [0.05, 0.1) is 18.2 Å². The molecule has 0 spiro atoms. The first kappa shape index (κ1) is 31.0. The number of aryl methyl sites for hydroxylation is 1. The lowest BCUT2D eigenvalue weighted by Gasteiger charge is -2.60. The van der Waals surface area contributed by atoms with Gasteiger partial charge in [0.15, 0.2) is 18.3 Å². The summed E-state index contributed by atoms with van der Waals surface area (Å²) in [4.78, 5) is 29.4. The van der Waals surface area contributed by atoms with Gasteiger partial charge in [-0.05, 0) is 57.4 Å². The molecule has 2 bridgehead atoms. The Labute approximate surface area is 262 Å². The van der Waals surface area contributed by atoms with Crippen LogP contribution in [-0.4, -0.2) is 79.4 Å². The zero-order valence-corrected chi connectivity index (χ0v) is 26.7. The van der Waals surface area contributed by atoms with E-state index >= 15 is 0 Å². The summed E-state index contributed by atoms with van der Waals surface area (Å²) in [5.74, 6) is 1.49. The largest absolute Gasteiger partial charge is 0.511 e. The number of nitrogens with zero attached hydrogens (tertiary/aromatic N) is 3. The van der Waals surface area contributed by atoms with Gasteiger partial charge in [0, 0.05) is 53.9 Å². The van der Waals surface area contributed by atoms with Crippen LogP contribution in [0, 0.1) is 38.0 Å². The molecule has 240 valence electrons. The second-order valence-corrected chi connectivity index (χ2v) is 12.6. The van der Waals surface area contributed by atoms with Crippen molar-refractivity contribution in [2.75, 3.05) is 34.3 Å². The number of nitriles is 1. The first-order valence-electron chi connectivity index (χ1n) is 15.3. The number of carbonyl (C=O) groups excluding carboxylic acids is 1. The van der Waals surface area contributed by atoms with E-state index in [-0.39, 0.29) is 55.8 Å². The summed E-state index contributed by atoms with van der Waals surface area (Å²) in [7, 11) is 3.63. The van der Waals surface area contributed by atoms with Crippen molar-refractivity contribution in [2.24, 2.45) is 5.92 Å². The number of carboxylic acid groups (broad SMARTS) is 1. The molecular formula is C33H40N4O8. The number of piperazine rings is 1. The average molecular weight is 621 g/mol. The molecule has 5 atom stereocenters. The Morgan fingerprint density at radius 3 is 2.51 bits per heavy atom. The number of hydrogen-bond donors (Lipinski definition) is 2. The molecule has 1 amide bonds. The van der Waals surface area contributed by atoms with Gasteiger partial charge in [-0.15, -0.1) is 0 Å². The van der Waals surface area contributed by atoms with E-state index in [2.05, 4.69) is 34.2 Å². The van der Waals surface area contributed by atoms with E-state index in [1.165, 1.54) is 0 Å². The van der Waals surface area contributed by atoms with Crippen LogP contribution in [0.1, 0.15) is 64.9 Å². The number of benzene rings is 2. The van der Waals surface area contributed by atoms with Gasteiger partial charge in [-0.25, -0.2) is 4.79 Å². The fraction of sp³-hybridized carbons (Fsp3) is 0.545. The highest BCUT2D eigenvalue weighted by molar-refractivity contribution is 5.78. The smallest absolute Gasteiger partial charge is 0.467 e. The Balaban J connectivity index is 1.61. The van der Waals surface area contributed by atoms with Gasteiger partial charge < -0.3 is 34.1 Å². The third kappa shape index (κ3) is 4.85. The van der Waals surface area contributed by atoms with E-state index in [1.807, 2.05) is 27.8 Å². The van der Waals surface area contributed by atoms with E-state index in [0.29, 0.717) is 41.0 Å². The minimum absolute atomic E-state index is 0.0322. The third-order valence-corrected chi connectivity index (χ3v) is 9.91. The van der Waals surface area contributed by atoms with Crippen molar-refractivity contribution in [2.45, 2.75) is 77.7 Å². The van der Waals surface area contributed by atoms with Gasteiger partial charge in [0.2, 0.25) is 12.7 Å². The van der Waals surface area contributed by atoms with Crippen molar-refractivity contribution in [3.8, 4) is 29.1 Å². The molecule has 4 aliphatic heterocycles. The molecule has 2 N–H and O–H groups in total. The van der Waals surface area contributed by atoms with E-state index < -0.39 is 18.2 Å². The number of rotatable bonds is 7. The monoisotopic (exact) mass is 620 g/mol. The van der Waals surface area contributed by atoms with Gasteiger partial charge >= 0.3 is 6.16 Å². The molecule has 0 saturated carbocycles. The highest BCUT2D eigenvalue weighted by Crippen LogP contribution is 2.58. The average Bonchev–Trinajstić information content (AvgIpc) is 3.49. The number of methoxy groups -OCH3 is 1. The van der Waals surface area contributed by atoms with E-state index in [4.69, 9.17) is 23.7 Å². The highest BCUT2D eigenvalue weighted by Gasteiger charge is 2.56. The minimum Gasteiger partial charge on any atom is -0.467 e. The van der Waals surface area contributed by atoms with E-state index in [9.17, 15) is 20.0 Å². The first-order valence-corrected chi connectivity index (χ1v) is 15.3. The number of ether oxygens (including phenoxy) is 5. The molecule has 0 aromatic heterocycles. The number of amides is 1. The Kier molecular flexibility index (Phi) is 8.05. The van der Waals surface area contributed by atoms with Crippen LogP contribution >= 0.6 is 0 Å². The third-order valence-electron chi connectivity index (χ3n) is 9.91. The number of nitrogens with one attached hydrogen (secondary N) is 1. The summed E-state index contributed by atoms with van der Waals surface area (Å²) in [6, 6.07) is 3.03. The molecule has 4 heterocycles. The van der Waals surface area contributed by atoms with Crippen LogP contribution in [0.15, 0.2) is 6.07 Å². The molecule has 1 fully saturated rings. The lowest BCUT2D eigenvalue weighted by Crippen LogP contribution is -2.68. The molecule has 1 unspecified atom stereocenters. The van der Waals surface area contributed by atoms with Gasteiger partial charge in [0.25, 0.3) is 0 Å². The van der Waals surface area contributed by atoms with E-state index in [1.54, 1.807) is 14.0 Å². The van der Waals surface area contributed by atoms with Crippen LogP contribution in [0.3, 0.4) is 0 Å². The lowest BCUT2D eigenvalue weighted by molar-refractivity contribution is -0.125. The van der Waals surface area contributed by atoms with Crippen LogP contribution < -0.4 is 24.3 Å². The maximum Gasteiger partial charge on any atom is 0.511 e. The number of carbonyl (C=O) groups is 2. The maximum absolute atomic E-state index is 12.9. The van der Waals surface area contributed by atoms with Crippen molar-refractivity contribution in [3.63, 3.8) is 0 Å². The van der Waals surface area contributed by atoms with Gasteiger partial charge in [-0.1, -0.05) is 19.9 Å². The zero-order valence-electron chi connectivity index (χ0n) is 26.7. The first-order chi connectivity index (χ1) is 21.5. The summed E-state index contributed by atoms with van der Waals surface area (Å²) in [6.45, 7) is 9.73. The molecule has 0 aliphatic carbocycles. The maximum atomic E-state index is 12.9. The fourth-order valence-corrected chi connectivity index (χ4v) is 7.80. The van der Waals surface area contributed by atoms with Crippen molar-refractivity contribution in [1.29, 1.82) is 5.26 Å². The zero-order chi connectivity index (χ0) is 32.3. The topological polar surface area (TPSA) is 143 Å². The van der Waals surface area contributed by atoms with Crippen LogP contribution in [0.2, 0.25) is 0 Å². The van der Waals surface area contributed by atoms with Crippen LogP contribution in [0.25, 0.3) is 0 Å². The molecule has 12 heteroatoms. The molecule has 4 aliphatic rings. The fourth-order valence-electron chi connectivity index (χ4n) is 7.80. The molecule has 45 heavy (non-hydrogen) atoms. The van der Waals surface area contributed by atoms with Crippen molar-refractivity contribution in [1.82, 2.24) is 15.1 Å². The van der Waals surface area contributed by atoms with Crippen LogP contribution in [0.5, 0.6) is 23.0 Å². The summed E-state index contributed by atoms with van der Waals surface area (Å²) >= 11 is 0. The Bertz CT molecular complexity index is 1600. The predicted molar refractivity (Wildman–Crippen MR) is 162 cm³/mol. The second kappa shape index (κ2) is 11.7. The molecule has 0 radical (unpaired) electrons. The minimum atomic E-state index is -1.44. The Hall–Kier alpha value is -4.05. The SMILES string of the molecule is COCOc1c(C)c(C)cc2c1[C@@H]1C3Cc4c(OC(=O)O)c(C)c5c(c4[C@H](CNC(=O)C(C)C)N3[C@@H](C#N)[C@@H](C2)N1C)OCO5. The Morgan fingerprint density at radius 1 is 1.11 bits per heavy atom. The van der Waals surface area contributed by atoms with Crippen molar-refractivity contribution >= 4 is 12.1 Å². The normalized spacial score (nSPS) is 24.7. The van der Waals surface area contributed by atoms with Crippen LogP contribution in [-0.2, 0) is 22.4 Å². The predicted octanol–water partition coefficient (Wildman–Crippen LogP) is 3.92. The molecule has 1 saturated heterocycles. The quantitative estimate of drug-likeness (QED) is 0.264. The highest BCUT2D eigenvalue weighted by atomic mass is 16.7. The molecule has 2 aromatic carbocycles. The molecule has 12 nitrogen and oxygen atoms in total. The summed E-state index contributed by atoms with van der Waals surface area (Å²) < 4.78 is 28.9. The Morgan fingerprint density at radius 2 is 1.84 bits per heavy atom. The van der Waals surface area contributed by atoms with Gasteiger partial charge in [-0.3, -0.25) is 14.6 Å². The van der Waals surface area contributed by atoms with Crippen LogP contribution in [0.4, 0.5) is 4.79 Å². The molecule has 6 rings (SSSR count). The van der Waals surface area contributed by atoms with E-state index in [0.717, 1.165) is 28.0 Å². The van der Waals surface area contributed by atoms with Gasteiger partial charge in [-0.2, -0.15) is 5.26 Å². The summed E-state index contributed by atoms with van der Waals surface area (Å²) in [5.41, 5.74) is 6.14. The lowest BCUT2D eigenvalue weighted by atomic mass is 9.71. The summed E-state index contributed by atoms with van der Waals surface area (Å²) in [6.07, 6.45) is -0.447.